The van der Waals surface area contributed by atoms with Crippen LogP contribution in [0.15, 0.2) is 56.2 Å². The Morgan fingerprint density at radius 1 is 1.00 bits per heavy atom. The van der Waals surface area contributed by atoms with Crippen LogP contribution in [0.5, 0.6) is 17.2 Å². The highest BCUT2D eigenvalue weighted by Gasteiger charge is 2.15. The predicted octanol–water partition coefficient (Wildman–Crippen LogP) is 4.10. The van der Waals surface area contributed by atoms with Gasteiger partial charge in [-0.2, -0.15) is 5.10 Å². The molecule has 1 N–H and O–H groups in total. The summed E-state index contributed by atoms with van der Waals surface area (Å²) in [5, 5.41) is 12.3. The molecule has 0 saturated heterocycles. The molecule has 0 spiro atoms. The Bertz CT molecular complexity index is 1060. The zero-order chi connectivity index (χ0) is 22.8. The number of aromatic nitrogens is 2. The summed E-state index contributed by atoms with van der Waals surface area (Å²) in [6.07, 6.45) is 1.49. The van der Waals surface area contributed by atoms with E-state index in [-0.39, 0.29) is 11.7 Å². The molecule has 1 aromatic heterocycles. The van der Waals surface area contributed by atoms with Gasteiger partial charge in [-0.25, -0.2) is 5.43 Å². The van der Waals surface area contributed by atoms with Crippen LogP contribution < -0.4 is 19.6 Å². The first kappa shape index (κ1) is 23.9. The van der Waals surface area contributed by atoms with Crippen LogP contribution in [0.3, 0.4) is 0 Å². The molecule has 0 saturated carbocycles. The quantitative estimate of drug-likeness (QED) is 0.244. The van der Waals surface area contributed by atoms with Crippen molar-refractivity contribution >= 4 is 47.0 Å². The molecule has 0 bridgehead atoms. The summed E-state index contributed by atoms with van der Waals surface area (Å²) >= 11 is 4.42. The Morgan fingerprint density at radius 2 is 1.72 bits per heavy atom. The second-order valence-electron chi connectivity index (χ2n) is 6.11. The molecule has 32 heavy (non-hydrogen) atoms. The molecule has 0 aliphatic heterocycles. The van der Waals surface area contributed by atoms with Crippen LogP contribution in [0.1, 0.15) is 11.1 Å². The number of carbonyl (C=O) groups is 1. The number of thioether (sulfide) groups is 2. The van der Waals surface area contributed by atoms with Crippen LogP contribution in [0, 0.1) is 0 Å². The zero-order valence-corrected chi connectivity index (χ0v) is 20.2. The molecule has 0 unspecified atom stereocenters. The lowest BCUT2D eigenvalue weighted by Gasteiger charge is -2.13. The van der Waals surface area contributed by atoms with Crippen molar-refractivity contribution in [1.82, 2.24) is 15.6 Å². The number of hydrogen-bond acceptors (Lipinski definition) is 10. The first-order chi connectivity index (χ1) is 15.6. The molecule has 3 aromatic rings. The second kappa shape index (κ2) is 12.3. The Morgan fingerprint density at radius 3 is 2.41 bits per heavy atom. The fourth-order valence-electron chi connectivity index (χ4n) is 2.59. The van der Waals surface area contributed by atoms with Crippen molar-refractivity contribution in [3.63, 3.8) is 0 Å². The molecule has 0 fully saturated rings. The first-order valence-electron chi connectivity index (χ1n) is 9.38. The van der Waals surface area contributed by atoms with Crippen LogP contribution in [0.4, 0.5) is 0 Å². The van der Waals surface area contributed by atoms with Crippen LogP contribution >= 0.6 is 34.9 Å². The maximum absolute atomic E-state index is 12.1. The Labute approximate surface area is 198 Å². The van der Waals surface area contributed by atoms with Gasteiger partial charge in [0.15, 0.2) is 20.2 Å². The number of nitrogens with one attached hydrogen (secondary N) is 1. The lowest BCUT2D eigenvalue weighted by atomic mass is 10.2. The Balaban J connectivity index is 1.48. The molecule has 0 atom stereocenters. The summed E-state index contributed by atoms with van der Waals surface area (Å²) in [5.74, 6) is 2.22. The smallest absolute Gasteiger partial charge is 0.250 e. The van der Waals surface area contributed by atoms with Crippen molar-refractivity contribution in [3.05, 3.63) is 53.6 Å². The third-order valence-electron chi connectivity index (χ3n) is 4.05. The van der Waals surface area contributed by atoms with Crippen LogP contribution in [0.25, 0.3) is 0 Å². The van der Waals surface area contributed by atoms with E-state index in [0.717, 1.165) is 14.4 Å². The lowest BCUT2D eigenvalue weighted by molar-refractivity contribution is -0.118. The van der Waals surface area contributed by atoms with Crippen molar-refractivity contribution in [3.8, 4) is 17.2 Å². The van der Waals surface area contributed by atoms with E-state index < -0.39 is 0 Å². The Kier molecular flexibility index (Phi) is 9.20. The van der Waals surface area contributed by atoms with Gasteiger partial charge in [-0.3, -0.25) is 4.79 Å². The van der Waals surface area contributed by atoms with Crippen molar-refractivity contribution in [2.24, 2.45) is 5.10 Å². The highest BCUT2D eigenvalue weighted by molar-refractivity contribution is 8.03. The van der Waals surface area contributed by atoms with Crippen molar-refractivity contribution in [2.45, 2.75) is 14.4 Å². The van der Waals surface area contributed by atoms with E-state index in [1.165, 1.54) is 49.1 Å². The molecular formula is C21H22N4O4S3. The number of methoxy groups -OCH3 is 3. The van der Waals surface area contributed by atoms with Crippen molar-refractivity contribution in [2.75, 3.05) is 27.1 Å². The summed E-state index contributed by atoms with van der Waals surface area (Å²) in [6, 6.07) is 13.7. The lowest BCUT2D eigenvalue weighted by Crippen LogP contribution is -2.19. The third-order valence-corrected chi connectivity index (χ3v) is 7.31. The van der Waals surface area contributed by atoms with Gasteiger partial charge in [0.2, 0.25) is 5.75 Å². The van der Waals surface area contributed by atoms with Crippen LogP contribution in [-0.4, -0.2) is 49.4 Å². The number of ether oxygens (including phenoxy) is 3. The van der Waals surface area contributed by atoms with Gasteiger partial charge in [-0.05, 0) is 17.7 Å². The number of benzene rings is 2. The number of hydrogen-bond donors (Lipinski definition) is 1. The van der Waals surface area contributed by atoms with Crippen LogP contribution in [0.2, 0.25) is 0 Å². The fraction of sp³-hybridized carbons (Fsp3) is 0.238. The molecule has 11 heteroatoms. The summed E-state index contributed by atoms with van der Waals surface area (Å²) in [4.78, 5) is 12.1. The largest absolute Gasteiger partial charge is 0.493 e. The topological polar surface area (TPSA) is 94.9 Å². The highest BCUT2D eigenvalue weighted by Crippen LogP contribution is 2.39. The van der Waals surface area contributed by atoms with E-state index >= 15 is 0 Å². The van der Waals surface area contributed by atoms with Gasteiger partial charge >= 0.3 is 0 Å². The minimum Gasteiger partial charge on any atom is -0.493 e. The number of hydrazone groups is 1. The minimum atomic E-state index is -0.251. The summed E-state index contributed by atoms with van der Waals surface area (Å²) in [7, 11) is 4.60. The number of carbonyl (C=O) groups excluding carboxylic acids is 1. The minimum absolute atomic E-state index is 0.179. The monoisotopic (exact) mass is 490 g/mol. The van der Waals surface area contributed by atoms with Gasteiger partial charge in [0.25, 0.3) is 5.91 Å². The van der Waals surface area contributed by atoms with Gasteiger partial charge in [0.1, 0.15) is 0 Å². The maximum atomic E-state index is 12.1. The van der Waals surface area contributed by atoms with E-state index in [2.05, 4.69) is 32.9 Å². The average molecular weight is 491 g/mol. The molecule has 0 aliphatic rings. The molecule has 0 aliphatic carbocycles. The molecule has 8 nitrogen and oxygen atoms in total. The molecule has 0 radical (unpaired) electrons. The summed E-state index contributed by atoms with van der Waals surface area (Å²) in [5.41, 5.74) is 4.37. The van der Waals surface area contributed by atoms with E-state index in [0.29, 0.717) is 22.8 Å². The normalized spacial score (nSPS) is 10.8. The molecular weight excluding hydrogens is 468 g/mol. The van der Waals surface area contributed by atoms with Gasteiger partial charge in [0, 0.05) is 11.3 Å². The molecule has 1 heterocycles. The Hall–Kier alpha value is -2.76. The average Bonchev–Trinajstić information content (AvgIpc) is 3.29. The second-order valence-corrected chi connectivity index (χ2v) is 9.54. The predicted molar refractivity (Wildman–Crippen MR) is 128 cm³/mol. The maximum Gasteiger partial charge on any atom is 0.250 e. The van der Waals surface area contributed by atoms with E-state index in [9.17, 15) is 4.79 Å². The van der Waals surface area contributed by atoms with Gasteiger partial charge in [-0.1, -0.05) is 65.2 Å². The van der Waals surface area contributed by atoms with E-state index in [1.807, 2.05) is 18.2 Å². The fourth-order valence-corrected chi connectivity index (χ4v) is 5.36. The van der Waals surface area contributed by atoms with Gasteiger partial charge in [0.05, 0.1) is 33.3 Å². The van der Waals surface area contributed by atoms with Gasteiger partial charge in [-0.15, -0.1) is 10.2 Å². The van der Waals surface area contributed by atoms with E-state index in [4.69, 9.17) is 14.2 Å². The van der Waals surface area contributed by atoms with Crippen molar-refractivity contribution < 1.29 is 19.0 Å². The van der Waals surface area contributed by atoms with E-state index in [1.54, 1.807) is 31.0 Å². The summed E-state index contributed by atoms with van der Waals surface area (Å²) in [6.45, 7) is 0. The number of rotatable bonds is 11. The molecule has 3 rings (SSSR count). The first-order valence-corrected chi connectivity index (χ1v) is 12.2. The number of nitrogens with zero attached hydrogens (tertiary/aromatic N) is 3. The molecule has 168 valence electrons. The SMILES string of the molecule is COc1ccc(C=NNC(=O)CSc2nnc(SCc3ccccc3)s2)c(OC)c1OC. The van der Waals surface area contributed by atoms with Crippen LogP contribution in [-0.2, 0) is 10.5 Å². The third kappa shape index (κ3) is 6.62. The van der Waals surface area contributed by atoms with Crippen molar-refractivity contribution in [1.29, 1.82) is 0 Å². The molecule has 2 aromatic carbocycles. The standard InChI is InChI=1S/C21H22N4O4S3/c1-27-16-10-9-15(18(28-2)19(16)29-3)11-22-23-17(26)13-31-21-25-24-20(32-21)30-12-14-7-5-4-6-8-14/h4-11H,12-13H2,1-3H3,(H,23,26). The summed E-state index contributed by atoms with van der Waals surface area (Å²) < 4.78 is 17.6. The number of amides is 1. The molecule has 1 amide bonds. The van der Waals surface area contributed by atoms with Gasteiger partial charge < -0.3 is 14.2 Å². The highest BCUT2D eigenvalue weighted by atomic mass is 32.2. The zero-order valence-electron chi connectivity index (χ0n) is 17.7.